The molecule has 1 unspecified atom stereocenters. The van der Waals surface area contributed by atoms with Crippen LogP contribution >= 0.6 is 11.6 Å². The van der Waals surface area contributed by atoms with E-state index in [9.17, 15) is 9.18 Å². The predicted octanol–water partition coefficient (Wildman–Crippen LogP) is 4.84. The van der Waals surface area contributed by atoms with Gasteiger partial charge in [-0.2, -0.15) is 0 Å². The molecule has 1 fully saturated rings. The second-order valence-corrected chi connectivity index (χ2v) is 6.97. The average Bonchev–Trinajstić information content (AvgIpc) is 2.63. The molecule has 1 aliphatic rings. The fourth-order valence-corrected chi connectivity index (χ4v) is 3.33. The maximum atomic E-state index is 13.5. The minimum absolute atomic E-state index is 0.165. The second-order valence-electron chi connectivity index (χ2n) is 6.54. The first-order valence-electron chi connectivity index (χ1n) is 8.67. The number of halogens is 2. The zero-order valence-corrected chi connectivity index (χ0v) is 16.0. The highest BCUT2D eigenvalue weighted by Crippen LogP contribution is 2.26. The lowest BCUT2D eigenvalue weighted by atomic mass is 9.91. The minimum atomic E-state index is -0.355. The first-order chi connectivity index (χ1) is 12.9. The number of methoxy groups -OCH3 is 1. The van der Waals surface area contributed by atoms with E-state index in [1.165, 1.54) is 17.7 Å². The molecular formula is C20H21ClFN3O2. The van der Waals surface area contributed by atoms with E-state index in [0.717, 1.165) is 12.0 Å². The Morgan fingerprint density at radius 2 is 2.22 bits per heavy atom. The lowest BCUT2D eigenvalue weighted by molar-refractivity contribution is 0.198. The van der Waals surface area contributed by atoms with E-state index >= 15 is 0 Å². The van der Waals surface area contributed by atoms with Crippen LogP contribution in [0.3, 0.4) is 0 Å². The van der Waals surface area contributed by atoms with E-state index in [1.54, 1.807) is 36.4 Å². The van der Waals surface area contributed by atoms with Gasteiger partial charge in [-0.05, 0) is 42.2 Å². The largest absolute Gasteiger partial charge is 0.481 e. The van der Waals surface area contributed by atoms with Crippen LogP contribution in [-0.2, 0) is 0 Å². The number of rotatable bonds is 3. The van der Waals surface area contributed by atoms with E-state index in [-0.39, 0.29) is 17.8 Å². The van der Waals surface area contributed by atoms with Crippen molar-refractivity contribution >= 4 is 29.4 Å². The van der Waals surface area contributed by atoms with Crippen molar-refractivity contribution in [2.45, 2.75) is 13.3 Å². The summed E-state index contributed by atoms with van der Waals surface area (Å²) in [5, 5.41) is 3.22. The summed E-state index contributed by atoms with van der Waals surface area (Å²) >= 11 is 5.92. The number of hydrogen-bond acceptors (Lipinski definition) is 3. The van der Waals surface area contributed by atoms with Crippen LogP contribution in [0.5, 0.6) is 5.88 Å². The van der Waals surface area contributed by atoms with Crippen molar-refractivity contribution in [1.82, 2.24) is 9.88 Å². The molecule has 0 spiro atoms. The number of nitrogens with one attached hydrogen (secondary N) is 1. The Bertz CT molecular complexity index is 835. The van der Waals surface area contributed by atoms with E-state index in [1.807, 2.05) is 6.08 Å². The monoisotopic (exact) mass is 389 g/mol. The fraction of sp³-hybridized carbons (Fsp3) is 0.300. The summed E-state index contributed by atoms with van der Waals surface area (Å²) in [6.45, 7) is 3.24. The van der Waals surface area contributed by atoms with Crippen molar-refractivity contribution in [2.75, 3.05) is 25.5 Å². The Balaban J connectivity index is 1.63. The number of urea groups is 1. The normalized spacial score (nSPS) is 18.4. The number of aromatic nitrogens is 1. The van der Waals surface area contributed by atoms with Gasteiger partial charge >= 0.3 is 6.03 Å². The third kappa shape index (κ3) is 4.98. The third-order valence-electron chi connectivity index (χ3n) is 4.52. The Kier molecular flexibility index (Phi) is 5.96. The average molecular weight is 390 g/mol. The van der Waals surface area contributed by atoms with Crippen LogP contribution in [0.4, 0.5) is 14.9 Å². The topological polar surface area (TPSA) is 54.5 Å². The van der Waals surface area contributed by atoms with Gasteiger partial charge in [0.2, 0.25) is 5.88 Å². The molecule has 0 aliphatic carbocycles. The first kappa shape index (κ1) is 19.2. The maximum absolute atomic E-state index is 13.5. The number of ether oxygens (including phenoxy) is 1. The van der Waals surface area contributed by atoms with Gasteiger partial charge in [-0.15, -0.1) is 0 Å². The molecule has 7 heteroatoms. The minimum Gasteiger partial charge on any atom is -0.481 e. The van der Waals surface area contributed by atoms with Crippen molar-refractivity contribution in [2.24, 2.45) is 5.92 Å². The van der Waals surface area contributed by atoms with Crippen molar-refractivity contribution in [3.8, 4) is 5.88 Å². The molecule has 1 aromatic heterocycles. The molecule has 27 heavy (non-hydrogen) atoms. The highest BCUT2D eigenvalue weighted by Gasteiger charge is 2.24. The Morgan fingerprint density at radius 1 is 1.41 bits per heavy atom. The highest BCUT2D eigenvalue weighted by molar-refractivity contribution is 6.30. The van der Waals surface area contributed by atoms with Crippen LogP contribution in [0.1, 0.15) is 18.9 Å². The quantitative estimate of drug-likeness (QED) is 0.817. The molecule has 1 aliphatic heterocycles. The van der Waals surface area contributed by atoms with Crippen LogP contribution in [0.2, 0.25) is 5.02 Å². The molecule has 0 saturated carbocycles. The number of nitrogens with zero attached hydrogens (tertiary/aromatic N) is 2. The van der Waals surface area contributed by atoms with Gasteiger partial charge in [0.05, 0.1) is 19.0 Å². The Morgan fingerprint density at radius 3 is 2.85 bits per heavy atom. The SMILES string of the molecule is COc1ccc(NC(=O)N2CC/C(=C\c3cc(F)cc(Cl)c3)C(C)C2)cn1. The summed E-state index contributed by atoms with van der Waals surface area (Å²) in [5.74, 6) is 0.305. The second kappa shape index (κ2) is 8.39. The highest BCUT2D eigenvalue weighted by atomic mass is 35.5. The molecule has 3 rings (SSSR count). The Hall–Kier alpha value is -2.60. The molecule has 0 bridgehead atoms. The molecule has 1 atom stereocenters. The van der Waals surface area contributed by atoms with Gasteiger partial charge in [0.15, 0.2) is 0 Å². The van der Waals surface area contributed by atoms with Crippen molar-refractivity contribution < 1.29 is 13.9 Å². The summed E-state index contributed by atoms with van der Waals surface area (Å²) in [6.07, 6.45) is 4.25. The number of amides is 2. The number of pyridine rings is 1. The van der Waals surface area contributed by atoms with Crippen LogP contribution < -0.4 is 10.1 Å². The fourth-order valence-electron chi connectivity index (χ4n) is 3.10. The van der Waals surface area contributed by atoms with Crippen LogP contribution in [-0.4, -0.2) is 36.1 Å². The molecule has 2 aromatic rings. The standard InChI is InChI=1S/C20H21ClFN3O2/c1-13-12-25(20(26)24-18-3-4-19(27-2)23-11-18)6-5-15(13)7-14-8-16(21)10-17(22)9-14/h3-4,7-11,13H,5-6,12H2,1-2H3,(H,24,26)/b15-7+. The zero-order chi connectivity index (χ0) is 19.4. The van der Waals surface area contributed by atoms with Crippen molar-refractivity contribution in [1.29, 1.82) is 0 Å². The summed E-state index contributed by atoms with van der Waals surface area (Å²) < 4.78 is 18.5. The molecule has 1 aromatic carbocycles. The molecule has 2 amide bonds. The lowest BCUT2D eigenvalue weighted by Gasteiger charge is -2.33. The molecule has 142 valence electrons. The molecular weight excluding hydrogens is 369 g/mol. The lowest BCUT2D eigenvalue weighted by Crippen LogP contribution is -2.42. The number of anilines is 1. The van der Waals surface area contributed by atoms with Gasteiger partial charge in [-0.3, -0.25) is 0 Å². The number of piperidine rings is 1. The summed E-state index contributed by atoms with van der Waals surface area (Å²) in [6, 6.07) is 7.76. The molecule has 2 heterocycles. The van der Waals surface area contributed by atoms with E-state index in [4.69, 9.17) is 16.3 Å². The summed E-state index contributed by atoms with van der Waals surface area (Å²) in [4.78, 5) is 18.3. The zero-order valence-electron chi connectivity index (χ0n) is 15.2. The predicted molar refractivity (Wildman–Crippen MR) is 105 cm³/mol. The van der Waals surface area contributed by atoms with E-state index in [2.05, 4.69) is 17.2 Å². The van der Waals surface area contributed by atoms with Crippen LogP contribution in [0.15, 0.2) is 42.1 Å². The van der Waals surface area contributed by atoms with Crippen molar-refractivity contribution in [3.63, 3.8) is 0 Å². The molecule has 1 N–H and O–H groups in total. The van der Waals surface area contributed by atoms with Gasteiger partial charge in [0, 0.05) is 24.2 Å². The summed E-state index contributed by atoms with van der Waals surface area (Å²) in [5.41, 5.74) is 2.53. The Labute approximate surface area is 162 Å². The number of benzene rings is 1. The van der Waals surface area contributed by atoms with Gasteiger partial charge < -0.3 is 15.0 Å². The van der Waals surface area contributed by atoms with Crippen LogP contribution in [0, 0.1) is 11.7 Å². The number of likely N-dealkylation sites (tertiary alicyclic amines) is 1. The first-order valence-corrected chi connectivity index (χ1v) is 9.05. The molecule has 1 saturated heterocycles. The van der Waals surface area contributed by atoms with Crippen LogP contribution in [0.25, 0.3) is 6.08 Å². The number of carbonyl (C=O) groups is 1. The van der Waals surface area contributed by atoms with Gasteiger partial charge in [0.25, 0.3) is 0 Å². The number of carbonyl (C=O) groups excluding carboxylic acids is 1. The van der Waals surface area contributed by atoms with Crippen molar-refractivity contribution in [3.05, 3.63) is 58.5 Å². The van der Waals surface area contributed by atoms with E-state index in [0.29, 0.717) is 29.7 Å². The van der Waals surface area contributed by atoms with Gasteiger partial charge in [0.1, 0.15) is 5.82 Å². The number of hydrogen-bond donors (Lipinski definition) is 1. The smallest absolute Gasteiger partial charge is 0.321 e. The van der Waals surface area contributed by atoms with Gasteiger partial charge in [-0.1, -0.05) is 30.2 Å². The maximum Gasteiger partial charge on any atom is 0.321 e. The van der Waals surface area contributed by atoms with Gasteiger partial charge in [-0.25, -0.2) is 14.2 Å². The summed E-state index contributed by atoms with van der Waals surface area (Å²) in [7, 11) is 1.54. The molecule has 0 radical (unpaired) electrons. The van der Waals surface area contributed by atoms with E-state index < -0.39 is 0 Å². The molecule has 5 nitrogen and oxygen atoms in total. The third-order valence-corrected chi connectivity index (χ3v) is 4.74.